The van der Waals surface area contributed by atoms with Gasteiger partial charge in [-0.1, -0.05) is 97.1 Å². The lowest BCUT2D eigenvalue weighted by Crippen LogP contribution is -2.26. The molecule has 9 rings (SSSR count). The Morgan fingerprint density at radius 1 is 0.617 bits per heavy atom. The SMILES string of the molecule is CC12CC=CC=C1N(c1cccc(-c3ccccc3)c1)c1ccc(-c3ccc(-n4c5ccccc5c5ccc(C#N)cc54)cc3)cc12. The van der Waals surface area contributed by atoms with Crippen LogP contribution in [0.2, 0.25) is 0 Å². The molecular formula is C44H31N3. The van der Waals surface area contributed by atoms with Crippen molar-refractivity contribution in [3.05, 3.63) is 175 Å². The van der Waals surface area contributed by atoms with E-state index in [0.29, 0.717) is 5.56 Å². The van der Waals surface area contributed by atoms with Gasteiger partial charge in [0.05, 0.1) is 28.4 Å². The predicted octanol–water partition coefficient (Wildman–Crippen LogP) is 11.2. The first-order valence-corrected chi connectivity index (χ1v) is 16.1. The van der Waals surface area contributed by atoms with Crippen molar-refractivity contribution in [3.63, 3.8) is 0 Å². The third kappa shape index (κ3) is 4.19. The number of allylic oxidation sites excluding steroid dienone is 4. The Hall–Kier alpha value is -6.11. The largest absolute Gasteiger partial charge is 0.313 e. The highest BCUT2D eigenvalue weighted by molar-refractivity contribution is 6.09. The highest BCUT2D eigenvalue weighted by Gasteiger charge is 2.44. The summed E-state index contributed by atoms with van der Waals surface area (Å²) in [6.07, 6.45) is 7.74. The molecule has 0 saturated carbocycles. The smallest absolute Gasteiger partial charge is 0.0992 e. The maximum absolute atomic E-state index is 9.62. The van der Waals surface area contributed by atoms with Gasteiger partial charge in [-0.15, -0.1) is 0 Å². The van der Waals surface area contributed by atoms with Crippen LogP contribution in [-0.2, 0) is 5.41 Å². The molecule has 3 heteroatoms. The van der Waals surface area contributed by atoms with Crippen LogP contribution in [0.15, 0.2) is 163 Å². The molecule has 0 radical (unpaired) electrons. The highest BCUT2D eigenvalue weighted by Crippen LogP contribution is 2.55. The van der Waals surface area contributed by atoms with E-state index in [4.69, 9.17) is 0 Å². The van der Waals surface area contributed by atoms with Crippen molar-refractivity contribution in [2.45, 2.75) is 18.8 Å². The lowest BCUT2D eigenvalue weighted by molar-refractivity contribution is 0.577. The molecule has 222 valence electrons. The Labute approximate surface area is 274 Å². The van der Waals surface area contributed by atoms with Crippen LogP contribution in [-0.4, -0.2) is 4.57 Å². The van der Waals surface area contributed by atoms with Crippen LogP contribution in [0.3, 0.4) is 0 Å². The highest BCUT2D eigenvalue weighted by atomic mass is 15.2. The topological polar surface area (TPSA) is 32.0 Å². The molecule has 1 aliphatic carbocycles. The zero-order valence-electron chi connectivity index (χ0n) is 26.1. The maximum atomic E-state index is 9.62. The molecule has 0 spiro atoms. The number of benzene rings is 6. The minimum absolute atomic E-state index is 0.121. The Morgan fingerprint density at radius 2 is 1.34 bits per heavy atom. The number of anilines is 2. The van der Waals surface area contributed by atoms with Gasteiger partial charge in [-0.3, -0.25) is 0 Å². The molecule has 2 heterocycles. The number of para-hydroxylation sites is 1. The first-order valence-electron chi connectivity index (χ1n) is 16.1. The average Bonchev–Trinajstić information content (AvgIpc) is 3.60. The van der Waals surface area contributed by atoms with Crippen LogP contribution in [0.5, 0.6) is 0 Å². The van der Waals surface area contributed by atoms with Gasteiger partial charge in [0.15, 0.2) is 0 Å². The lowest BCUT2D eigenvalue weighted by Gasteiger charge is -2.31. The zero-order valence-corrected chi connectivity index (χ0v) is 26.1. The Morgan fingerprint density at radius 3 is 2.19 bits per heavy atom. The molecule has 2 aliphatic rings. The molecule has 0 bridgehead atoms. The maximum Gasteiger partial charge on any atom is 0.0992 e. The first-order chi connectivity index (χ1) is 23.1. The van der Waals surface area contributed by atoms with Crippen LogP contribution < -0.4 is 4.90 Å². The van der Waals surface area contributed by atoms with E-state index < -0.39 is 0 Å². The van der Waals surface area contributed by atoms with Gasteiger partial charge in [0.25, 0.3) is 0 Å². The number of fused-ring (bicyclic) bond motifs is 6. The molecule has 0 saturated heterocycles. The van der Waals surface area contributed by atoms with Gasteiger partial charge in [-0.05, 0) is 102 Å². The lowest BCUT2D eigenvalue weighted by atomic mass is 9.76. The van der Waals surface area contributed by atoms with Crippen molar-refractivity contribution in [1.29, 1.82) is 5.26 Å². The second-order valence-corrected chi connectivity index (χ2v) is 12.7. The minimum atomic E-state index is -0.121. The molecule has 47 heavy (non-hydrogen) atoms. The Kier molecular flexibility index (Phi) is 6.07. The molecule has 1 aliphatic heterocycles. The summed E-state index contributed by atoms with van der Waals surface area (Å²) in [6.45, 7) is 2.38. The summed E-state index contributed by atoms with van der Waals surface area (Å²) in [5.41, 5.74) is 13.7. The molecule has 0 fully saturated rings. The van der Waals surface area contributed by atoms with Crippen molar-refractivity contribution in [1.82, 2.24) is 4.57 Å². The summed E-state index contributed by atoms with van der Waals surface area (Å²) in [6, 6.07) is 52.1. The van der Waals surface area contributed by atoms with Gasteiger partial charge in [0.1, 0.15) is 0 Å². The number of hydrogen-bond acceptors (Lipinski definition) is 2. The summed E-state index contributed by atoms with van der Waals surface area (Å²) in [5, 5.41) is 12.0. The van der Waals surface area contributed by atoms with E-state index in [0.717, 1.165) is 28.5 Å². The van der Waals surface area contributed by atoms with Crippen molar-refractivity contribution in [2.24, 2.45) is 0 Å². The standard InChI is InChI=1S/C44H31N3/c1-44-25-8-7-16-43(44)47(36-13-9-12-33(27-36)31-10-3-2-4-11-31)41-24-20-34(28-39(41)44)32-18-21-35(22-19-32)46-40-15-6-5-14-37(40)38-23-17-30(29-45)26-42(38)46/h2-24,26-28H,25H2,1H3. The summed E-state index contributed by atoms with van der Waals surface area (Å²) in [7, 11) is 0. The average molecular weight is 602 g/mol. The molecule has 1 aromatic heterocycles. The summed E-state index contributed by atoms with van der Waals surface area (Å²) < 4.78 is 2.27. The second-order valence-electron chi connectivity index (χ2n) is 12.7. The fraction of sp³-hybridized carbons (Fsp3) is 0.0682. The number of hydrogen-bond donors (Lipinski definition) is 0. The van der Waals surface area contributed by atoms with E-state index in [9.17, 15) is 5.26 Å². The van der Waals surface area contributed by atoms with Crippen LogP contribution in [0.4, 0.5) is 11.4 Å². The van der Waals surface area contributed by atoms with E-state index in [1.54, 1.807) is 0 Å². The second kappa shape index (κ2) is 10.5. The van der Waals surface area contributed by atoms with E-state index in [-0.39, 0.29) is 5.41 Å². The molecule has 3 nitrogen and oxygen atoms in total. The van der Waals surface area contributed by atoms with Crippen molar-refractivity contribution < 1.29 is 0 Å². The van der Waals surface area contributed by atoms with E-state index in [2.05, 4.69) is 168 Å². The Bertz CT molecular complexity index is 2460. The predicted molar refractivity (Wildman–Crippen MR) is 194 cm³/mol. The first kappa shape index (κ1) is 27.2. The number of aromatic nitrogens is 1. The normalized spacial score (nSPS) is 16.6. The van der Waals surface area contributed by atoms with Crippen LogP contribution in [0.25, 0.3) is 49.7 Å². The molecule has 0 N–H and O–H groups in total. The third-order valence-corrected chi connectivity index (χ3v) is 10.0. The van der Waals surface area contributed by atoms with Crippen molar-refractivity contribution in [2.75, 3.05) is 4.90 Å². The molecule has 1 atom stereocenters. The van der Waals surface area contributed by atoms with Gasteiger partial charge in [-0.2, -0.15) is 5.26 Å². The fourth-order valence-electron chi connectivity index (χ4n) is 7.66. The van der Waals surface area contributed by atoms with Crippen LogP contribution >= 0.6 is 0 Å². The summed E-state index contributed by atoms with van der Waals surface area (Å²) in [5.74, 6) is 0. The van der Waals surface area contributed by atoms with E-state index >= 15 is 0 Å². The van der Waals surface area contributed by atoms with Gasteiger partial charge in [0.2, 0.25) is 0 Å². The van der Waals surface area contributed by atoms with Gasteiger partial charge in [0, 0.05) is 33.3 Å². The number of nitriles is 1. The number of rotatable bonds is 4. The fourth-order valence-corrected chi connectivity index (χ4v) is 7.66. The van der Waals surface area contributed by atoms with Gasteiger partial charge >= 0.3 is 0 Å². The third-order valence-electron chi connectivity index (χ3n) is 10.0. The molecule has 0 amide bonds. The van der Waals surface area contributed by atoms with Gasteiger partial charge in [-0.25, -0.2) is 0 Å². The monoisotopic (exact) mass is 601 g/mol. The minimum Gasteiger partial charge on any atom is -0.313 e. The Balaban J connectivity index is 1.13. The van der Waals surface area contributed by atoms with Crippen molar-refractivity contribution >= 4 is 33.2 Å². The zero-order chi connectivity index (χ0) is 31.5. The molecule has 7 aromatic rings. The molecule has 6 aromatic carbocycles. The quantitative estimate of drug-likeness (QED) is 0.201. The number of nitrogens with zero attached hydrogens (tertiary/aromatic N) is 3. The summed E-state index contributed by atoms with van der Waals surface area (Å²) >= 11 is 0. The summed E-state index contributed by atoms with van der Waals surface area (Å²) in [4.78, 5) is 2.45. The van der Waals surface area contributed by atoms with E-state index in [1.165, 1.54) is 50.3 Å². The van der Waals surface area contributed by atoms with Gasteiger partial charge < -0.3 is 9.47 Å². The van der Waals surface area contributed by atoms with Crippen LogP contribution in [0, 0.1) is 11.3 Å². The molecule has 1 unspecified atom stereocenters. The van der Waals surface area contributed by atoms with Crippen LogP contribution in [0.1, 0.15) is 24.5 Å². The van der Waals surface area contributed by atoms with Crippen molar-refractivity contribution in [3.8, 4) is 34.0 Å². The van der Waals surface area contributed by atoms with E-state index in [1.807, 2.05) is 12.1 Å². The molecular weight excluding hydrogens is 571 g/mol.